The van der Waals surface area contributed by atoms with E-state index in [1.165, 1.54) is 0 Å². The van der Waals surface area contributed by atoms with Gasteiger partial charge >= 0.3 is 0 Å². The standard InChI is InChI=1S/C14H14N4S/c1-18-9-11(8-16-18)19-14-6-10(7-15)12-4-2-3-5-13(12)17-14/h2-6,8-9H,7,15H2,1H3. The number of nitrogens with two attached hydrogens (primary N) is 1. The van der Waals surface area contributed by atoms with Crippen molar-refractivity contribution < 1.29 is 0 Å². The number of aryl methyl sites for hydroxylation is 1. The normalized spacial score (nSPS) is 11.1. The molecule has 0 unspecified atom stereocenters. The van der Waals surface area contributed by atoms with Gasteiger partial charge in [-0.05, 0) is 17.7 Å². The van der Waals surface area contributed by atoms with E-state index in [1.807, 2.05) is 37.6 Å². The highest BCUT2D eigenvalue weighted by atomic mass is 32.2. The zero-order valence-electron chi connectivity index (χ0n) is 10.6. The molecule has 0 aliphatic carbocycles. The minimum Gasteiger partial charge on any atom is -0.326 e. The highest BCUT2D eigenvalue weighted by Gasteiger charge is 2.06. The Morgan fingerprint density at radius 1 is 1.32 bits per heavy atom. The maximum atomic E-state index is 5.83. The van der Waals surface area contributed by atoms with Crippen LogP contribution in [-0.2, 0) is 13.6 Å². The summed E-state index contributed by atoms with van der Waals surface area (Å²) in [5, 5.41) is 6.24. The number of nitrogens with zero attached hydrogens (tertiary/aromatic N) is 3. The summed E-state index contributed by atoms with van der Waals surface area (Å²) in [6, 6.07) is 10.1. The summed E-state index contributed by atoms with van der Waals surface area (Å²) in [7, 11) is 1.91. The SMILES string of the molecule is Cn1cc(Sc2cc(CN)c3ccccc3n2)cn1. The minimum absolute atomic E-state index is 0.517. The van der Waals surface area contributed by atoms with Gasteiger partial charge < -0.3 is 5.73 Å². The second-order valence-electron chi connectivity index (χ2n) is 4.29. The maximum Gasteiger partial charge on any atom is 0.102 e. The van der Waals surface area contributed by atoms with Crippen molar-refractivity contribution in [3.8, 4) is 0 Å². The molecule has 0 amide bonds. The molecular formula is C14H14N4S. The van der Waals surface area contributed by atoms with E-state index < -0.39 is 0 Å². The van der Waals surface area contributed by atoms with Crippen molar-refractivity contribution in [1.82, 2.24) is 14.8 Å². The van der Waals surface area contributed by atoms with E-state index in [4.69, 9.17) is 5.73 Å². The Morgan fingerprint density at radius 2 is 2.16 bits per heavy atom. The van der Waals surface area contributed by atoms with E-state index in [1.54, 1.807) is 16.4 Å². The molecule has 0 radical (unpaired) electrons. The fraction of sp³-hybridized carbons (Fsp3) is 0.143. The van der Waals surface area contributed by atoms with Crippen LogP contribution in [0, 0.1) is 0 Å². The van der Waals surface area contributed by atoms with Gasteiger partial charge in [0.2, 0.25) is 0 Å². The average molecular weight is 270 g/mol. The number of fused-ring (bicyclic) bond motifs is 1. The number of hydrogen-bond donors (Lipinski definition) is 1. The molecular weight excluding hydrogens is 256 g/mol. The summed E-state index contributed by atoms with van der Waals surface area (Å²) in [4.78, 5) is 5.74. The van der Waals surface area contributed by atoms with Gasteiger partial charge in [-0.3, -0.25) is 4.68 Å². The molecule has 0 saturated carbocycles. The van der Waals surface area contributed by atoms with Gasteiger partial charge in [0, 0.05) is 25.2 Å². The van der Waals surface area contributed by atoms with Gasteiger partial charge in [0.15, 0.2) is 0 Å². The smallest absolute Gasteiger partial charge is 0.102 e. The molecule has 0 aliphatic rings. The van der Waals surface area contributed by atoms with Crippen molar-refractivity contribution in [2.75, 3.05) is 0 Å². The van der Waals surface area contributed by atoms with Crippen LogP contribution in [0.25, 0.3) is 10.9 Å². The number of aromatic nitrogens is 3. The molecule has 96 valence electrons. The lowest BCUT2D eigenvalue weighted by Crippen LogP contribution is -1.99. The van der Waals surface area contributed by atoms with Crippen LogP contribution in [0.1, 0.15) is 5.56 Å². The maximum absolute atomic E-state index is 5.83. The molecule has 2 N–H and O–H groups in total. The van der Waals surface area contributed by atoms with Crippen LogP contribution in [0.3, 0.4) is 0 Å². The topological polar surface area (TPSA) is 56.7 Å². The summed E-state index contributed by atoms with van der Waals surface area (Å²) >= 11 is 1.60. The number of pyridine rings is 1. The van der Waals surface area contributed by atoms with Crippen LogP contribution >= 0.6 is 11.8 Å². The van der Waals surface area contributed by atoms with Gasteiger partial charge in [-0.2, -0.15) is 5.10 Å². The molecule has 3 rings (SSSR count). The van der Waals surface area contributed by atoms with E-state index in [9.17, 15) is 0 Å². The predicted molar refractivity (Wildman–Crippen MR) is 77.0 cm³/mol. The summed E-state index contributed by atoms with van der Waals surface area (Å²) in [6.45, 7) is 0.517. The van der Waals surface area contributed by atoms with Gasteiger partial charge in [-0.15, -0.1) is 0 Å². The summed E-state index contributed by atoms with van der Waals surface area (Å²) in [5.41, 5.74) is 7.93. The van der Waals surface area contributed by atoms with Crippen molar-refractivity contribution in [2.45, 2.75) is 16.5 Å². The highest BCUT2D eigenvalue weighted by Crippen LogP contribution is 2.29. The van der Waals surface area contributed by atoms with Gasteiger partial charge in [-0.25, -0.2) is 4.98 Å². The zero-order chi connectivity index (χ0) is 13.2. The van der Waals surface area contributed by atoms with Crippen LogP contribution in [0.4, 0.5) is 0 Å². The third-order valence-electron chi connectivity index (χ3n) is 2.90. The molecule has 4 nitrogen and oxygen atoms in total. The second kappa shape index (κ2) is 5.03. The average Bonchev–Trinajstić information content (AvgIpc) is 2.83. The molecule has 0 atom stereocenters. The quantitative estimate of drug-likeness (QED) is 0.794. The van der Waals surface area contributed by atoms with Crippen LogP contribution in [-0.4, -0.2) is 14.8 Å². The van der Waals surface area contributed by atoms with E-state index in [0.29, 0.717) is 6.54 Å². The summed E-state index contributed by atoms with van der Waals surface area (Å²) < 4.78 is 1.78. The molecule has 1 aromatic carbocycles. The lowest BCUT2D eigenvalue weighted by atomic mass is 10.1. The third kappa shape index (κ3) is 2.47. The fourth-order valence-electron chi connectivity index (χ4n) is 2.01. The molecule has 0 spiro atoms. The second-order valence-corrected chi connectivity index (χ2v) is 5.39. The first-order chi connectivity index (χ1) is 9.26. The Bertz CT molecular complexity index is 720. The van der Waals surface area contributed by atoms with Crippen molar-refractivity contribution in [2.24, 2.45) is 12.8 Å². The van der Waals surface area contributed by atoms with Gasteiger partial charge in [0.1, 0.15) is 5.03 Å². The first kappa shape index (κ1) is 12.2. The first-order valence-electron chi connectivity index (χ1n) is 6.01. The Balaban J connectivity index is 2.04. The van der Waals surface area contributed by atoms with Crippen molar-refractivity contribution in [3.63, 3.8) is 0 Å². The Kier molecular flexibility index (Phi) is 3.23. The van der Waals surface area contributed by atoms with Gasteiger partial charge in [0.05, 0.1) is 16.6 Å². The minimum atomic E-state index is 0.517. The largest absolute Gasteiger partial charge is 0.326 e. The van der Waals surface area contributed by atoms with E-state index >= 15 is 0 Å². The monoisotopic (exact) mass is 270 g/mol. The van der Waals surface area contributed by atoms with Gasteiger partial charge in [0.25, 0.3) is 0 Å². The Labute approximate surface area is 115 Å². The van der Waals surface area contributed by atoms with E-state index in [2.05, 4.69) is 22.2 Å². The van der Waals surface area contributed by atoms with E-state index in [-0.39, 0.29) is 0 Å². The van der Waals surface area contributed by atoms with Crippen molar-refractivity contribution in [1.29, 1.82) is 0 Å². The zero-order valence-corrected chi connectivity index (χ0v) is 11.4. The Morgan fingerprint density at radius 3 is 2.89 bits per heavy atom. The molecule has 0 bridgehead atoms. The molecule has 2 heterocycles. The van der Waals surface area contributed by atoms with Crippen LogP contribution in [0.2, 0.25) is 0 Å². The lowest BCUT2D eigenvalue weighted by Gasteiger charge is -2.06. The van der Waals surface area contributed by atoms with Crippen LogP contribution < -0.4 is 5.73 Å². The molecule has 0 fully saturated rings. The van der Waals surface area contributed by atoms with Crippen LogP contribution in [0.15, 0.2) is 52.6 Å². The van der Waals surface area contributed by atoms with Crippen LogP contribution in [0.5, 0.6) is 0 Å². The van der Waals surface area contributed by atoms with E-state index in [0.717, 1.165) is 26.4 Å². The number of para-hydroxylation sites is 1. The lowest BCUT2D eigenvalue weighted by molar-refractivity contribution is 0.766. The number of hydrogen-bond acceptors (Lipinski definition) is 4. The number of rotatable bonds is 3. The predicted octanol–water partition coefficient (Wildman–Crippen LogP) is 2.58. The first-order valence-corrected chi connectivity index (χ1v) is 6.83. The van der Waals surface area contributed by atoms with Gasteiger partial charge in [-0.1, -0.05) is 30.0 Å². The molecule has 0 aliphatic heterocycles. The molecule has 3 aromatic rings. The summed E-state index contributed by atoms with van der Waals surface area (Å²) in [6.07, 6.45) is 3.81. The molecule has 2 aromatic heterocycles. The molecule has 5 heteroatoms. The third-order valence-corrected chi connectivity index (χ3v) is 3.77. The summed E-state index contributed by atoms with van der Waals surface area (Å²) in [5.74, 6) is 0. The number of benzene rings is 1. The van der Waals surface area contributed by atoms with Crippen molar-refractivity contribution >= 4 is 22.7 Å². The van der Waals surface area contributed by atoms with Crippen molar-refractivity contribution in [3.05, 3.63) is 48.3 Å². The molecule has 0 saturated heterocycles. The highest BCUT2D eigenvalue weighted by molar-refractivity contribution is 7.99. The molecule has 19 heavy (non-hydrogen) atoms. The fourth-order valence-corrected chi connectivity index (χ4v) is 2.91. The Hall–Kier alpha value is -1.85.